The normalized spacial score (nSPS) is 17.8. The van der Waals surface area contributed by atoms with Gasteiger partial charge in [0.15, 0.2) is 0 Å². The van der Waals surface area contributed by atoms with E-state index in [1.54, 1.807) is 38.4 Å². The van der Waals surface area contributed by atoms with Crippen LogP contribution in [0.3, 0.4) is 0 Å². The van der Waals surface area contributed by atoms with Crippen LogP contribution in [-0.2, 0) is 34.3 Å². The molecule has 5 rings (SSSR count). The third kappa shape index (κ3) is 9.90. The first-order chi connectivity index (χ1) is 22.8. The smallest absolute Gasteiger partial charge is 0.270 e. The molecule has 2 heterocycles. The largest absolute Gasteiger partial charge is 0.344 e. The van der Waals surface area contributed by atoms with Crippen molar-refractivity contribution < 1.29 is 19.2 Å². The Bertz CT molecular complexity index is 1510. The van der Waals surface area contributed by atoms with E-state index in [1.807, 2.05) is 35.2 Å². The van der Waals surface area contributed by atoms with Gasteiger partial charge in [-0.2, -0.15) is 5.10 Å². The van der Waals surface area contributed by atoms with Gasteiger partial charge in [0.2, 0.25) is 17.7 Å². The fourth-order valence-corrected chi connectivity index (χ4v) is 6.63. The summed E-state index contributed by atoms with van der Waals surface area (Å²) in [6, 6.07) is 18.0. The van der Waals surface area contributed by atoms with E-state index in [4.69, 9.17) is 0 Å². The number of aromatic nitrogens is 2. The van der Waals surface area contributed by atoms with E-state index in [0.717, 1.165) is 44.1 Å². The fourth-order valence-electron chi connectivity index (χ4n) is 6.63. The average Bonchev–Trinajstić information content (AvgIpc) is 3.54. The average molecular weight is 678 g/mol. The van der Waals surface area contributed by atoms with Crippen LogP contribution in [0.2, 0.25) is 0 Å². The van der Waals surface area contributed by atoms with Gasteiger partial charge >= 0.3 is 0 Å². The third-order valence-electron chi connectivity index (χ3n) is 9.25. The van der Waals surface area contributed by atoms with Gasteiger partial charge in [-0.25, -0.2) is 0 Å². The lowest BCUT2D eigenvalue weighted by Crippen LogP contribution is -2.58. The molecule has 1 saturated heterocycles. The Morgan fingerprint density at radius 1 is 0.938 bits per heavy atom. The highest BCUT2D eigenvalue weighted by atomic mass is 35.5. The zero-order valence-electron chi connectivity index (χ0n) is 27.8. The predicted molar refractivity (Wildman–Crippen MR) is 188 cm³/mol. The lowest BCUT2D eigenvalue weighted by molar-refractivity contribution is -0.137. The summed E-state index contributed by atoms with van der Waals surface area (Å²) >= 11 is 0. The molecule has 3 aromatic rings. The van der Waals surface area contributed by atoms with E-state index >= 15 is 0 Å². The number of anilines is 1. The summed E-state index contributed by atoms with van der Waals surface area (Å²) in [7, 11) is 1.70. The molecule has 3 atom stereocenters. The van der Waals surface area contributed by atoms with Gasteiger partial charge in [-0.15, -0.1) is 12.4 Å². The molecule has 0 radical (unpaired) electrons. The number of hydrogen-bond acceptors (Lipinski definition) is 6. The Kier molecular flexibility index (Phi) is 13.6. The first-order valence-electron chi connectivity index (χ1n) is 16.8. The number of halogens is 1. The summed E-state index contributed by atoms with van der Waals surface area (Å²) in [5.41, 5.74) is 3.07. The van der Waals surface area contributed by atoms with Gasteiger partial charge < -0.3 is 26.2 Å². The number of rotatable bonds is 12. The number of piperazine rings is 1. The zero-order valence-corrected chi connectivity index (χ0v) is 28.6. The van der Waals surface area contributed by atoms with Crippen LogP contribution in [0, 0.1) is 5.92 Å². The molecule has 2 aliphatic rings. The van der Waals surface area contributed by atoms with Crippen LogP contribution >= 0.6 is 12.4 Å². The Morgan fingerprint density at radius 3 is 2.33 bits per heavy atom. The zero-order chi connectivity index (χ0) is 33.2. The summed E-state index contributed by atoms with van der Waals surface area (Å²) in [5.74, 6) is -0.807. The molecule has 12 heteroatoms. The molecule has 1 aliphatic heterocycles. The monoisotopic (exact) mass is 677 g/mol. The van der Waals surface area contributed by atoms with Gasteiger partial charge in [0.05, 0.1) is 0 Å². The second kappa shape index (κ2) is 17.8. The predicted octanol–water partition coefficient (Wildman–Crippen LogP) is 3.64. The van der Waals surface area contributed by atoms with Gasteiger partial charge in [-0.3, -0.25) is 23.9 Å². The molecule has 1 aromatic heterocycles. The minimum absolute atomic E-state index is 0. The van der Waals surface area contributed by atoms with E-state index < -0.39 is 12.1 Å². The van der Waals surface area contributed by atoms with Crippen LogP contribution < -0.4 is 21.3 Å². The quantitative estimate of drug-likeness (QED) is 0.231. The summed E-state index contributed by atoms with van der Waals surface area (Å²) in [6.07, 6.45) is 7.94. The van der Waals surface area contributed by atoms with Gasteiger partial charge in [-0.05, 0) is 54.5 Å². The summed E-state index contributed by atoms with van der Waals surface area (Å²) < 4.78 is 1.50. The van der Waals surface area contributed by atoms with Crippen molar-refractivity contribution in [3.8, 4) is 0 Å². The highest BCUT2D eigenvalue weighted by molar-refractivity contribution is 6.00. The number of carbonyl (C=O) groups excluding carboxylic acids is 4. The van der Waals surface area contributed by atoms with Gasteiger partial charge in [0, 0.05) is 57.4 Å². The number of nitrogens with zero attached hydrogens (tertiary/aromatic N) is 3. The van der Waals surface area contributed by atoms with Crippen molar-refractivity contribution in [3.63, 3.8) is 0 Å². The summed E-state index contributed by atoms with van der Waals surface area (Å²) in [6.45, 7) is 3.61. The van der Waals surface area contributed by atoms with E-state index in [0.29, 0.717) is 37.4 Å². The molecule has 2 fully saturated rings. The lowest BCUT2D eigenvalue weighted by atomic mass is 9.83. The van der Waals surface area contributed by atoms with Crippen LogP contribution in [-0.4, -0.2) is 76.1 Å². The van der Waals surface area contributed by atoms with E-state index in [2.05, 4.69) is 38.5 Å². The number of aryl methyl sites for hydroxylation is 1. The minimum atomic E-state index is -0.698. The highest BCUT2D eigenvalue weighted by Crippen LogP contribution is 2.27. The van der Waals surface area contributed by atoms with Crippen molar-refractivity contribution in [1.82, 2.24) is 30.6 Å². The number of benzene rings is 2. The number of amides is 4. The van der Waals surface area contributed by atoms with Crippen LogP contribution in [0.5, 0.6) is 0 Å². The fraction of sp³-hybridized carbons (Fsp3) is 0.472. The molecule has 11 nitrogen and oxygen atoms in total. The van der Waals surface area contributed by atoms with Crippen molar-refractivity contribution in [2.45, 2.75) is 76.4 Å². The second-order valence-corrected chi connectivity index (χ2v) is 12.7. The molecule has 0 spiro atoms. The molecule has 48 heavy (non-hydrogen) atoms. The summed E-state index contributed by atoms with van der Waals surface area (Å²) in [4.78, 5) is 54.7. The van der Waals surface area contributed by atoms with Crippen molar-refractivity contribution >= 4 is 41.7 Å². The molecular formula is C36H48ClN7O4. The van der Waals surface area contributed by atoms with Crippen LogP contribution in [0.1, 0.15) is 67.1 Å². The molecular weight excluding hydrogens is 630 g/mol. The van der Waals surface area contributed by atoms with E-state index in [9.17, 15) is 19.2 Å². The molecule has 1 aliphatic carbocycles. The molecule has 1 saturated carbocycles. The SMILES string of the molecule is CCC(=O)N[C@H](Cc1ccc(NC(=O)[C@@H](NC(=O)c2ccnn2C)C2CCCCC2)cc1)C(=O)N1CCN[C@H](Cc2ccccc2)C1.Cl. The Morgan fingerprint density at radius 2 is 1.67 bits per heavy atom. The first-order valence-corrected chi connectivity index (χ1v) is 16.8. The maximum absolute atomic E-state index is 13.8. The molecule has 258 valence electrons. The van der Waals surface area contributed by atoms with Crippen LogP contribution in [0.15, 0.2) is 66.9 Å². The Labute approximate surface area is 289 Å². The second-order valence-electron chi connectivity index (χ2n) is 12.7. The molecule has 0 bridgehead atoms. The highest BCUT2D eigenvalue weighted by Gasteiger charge is 2.33. The van der Waals surface area contributed by atoms with Gasteiger partial charge in [0.25, 0.3) is 5.91 Å². The van der Waals surface area contributed by atoms with Gasteiger partial charge in [-0.1, -0.05) is 68.7 Å². The molecule has 2 aromatic carbocycles. The summed E-state index contributed by atoms with van der Waals surface area (Å²) in [5, 5.41) is 16.5. The molecule has 4 amide bonds. The number of nitrogens with one attached hydrogen (secondary N) is 4. The number of carbonyl (C=O) groups is 4. The number of hydrogen-bond donors (Lipinski definition) is 4. The van der Waals surface area contributed by atoms with E-state index in [-0.39, 0.29) is 54.4 Å². The maximum atomic E-state index is 13.8. The van der Waals surface area contributed by atoms with Crippen LogP contribution in [0.25, 0.3) is 0 Å². The minimum Gasteiger partial charge on any atom is -0.344 e. The molecule has 0 unspecified atom stereocenters. The third-order valence-corrected chi connectivity index (χ3v) is 9.25. The van der Waals surface area contributed by atoms with E-state index in [1.165, 1.54) is 10.2 Å². The van der Waals surface area contributed by atoms with Crippen molar-refractivity contribution in [2.24, 2.45) is 13.0 Å². The van der Waals surface area contributed by atoms with Crippen LogP contribution in [0.4, 0.5) is 5.69 Å². The first kappa shape index (κ1) is 36.6. The Balaban J connectivity index is 0.00000520. The standard InChI is InChI=1S/C36H47N7O4.ClH/c1-3-32(44)40-30(36(47)43-21-20-37-29(24-43)22-25-10-6-4-7-11-25)23-26-14-16-28(17-15-26)39-35(46)33(27-12-8-5-9-13-27)41-34(45)31-18-19-38-42(31)2;/h4,6-7,10-11,14-19,27,29-30,33,37H,3,5,8-9,12-13,20-24H2,1-2H3,(H,39,46)(H,40,44)(H,41,45);1H/t29-,30-,33+;/m1./s1. The molecule has 4 N–H and O–H groups in total. The van der Waals surface area contributed by atoms with Crippen molar-refractivity contribution in [2.75, 3.05) is 25.0 Å². The topological polar surface area (TPSA) is 137 Å². The van der Waals surface area contributed by atoms with Crippen molar-refractivity contribution in [1.29, 1.82) is 0 Å². The van der Waals surface area contributed by atoms with Gasteiger partial charge in [0.1, 0.15) is 17.8 Å². The lowest BCUT2D eigenvalue weighted by Gasteiger charge is -2.36. The Hall–Kier alpha value is -4.22. The maximum Gasteiger partial charge on any atom is 0.270 e. The van der Waals surface area contributed by atoms with Crippen molar-refractivity contribution in [3.05, 3.63) is 83.7 Å².